The molecule has 0 bridgehead atoms. The molecule has 2 aliphatic rings. The Hall–Kier alpha value is -0.0800. The molecule has 2 nitrogen and oxygen atoms in total. The number of nitrogens with one attached hydrogen (secondary N) is 1. The first-order valence-corrected chi connectivity index (χ1v) is 3.88. The van der Waals surface area contributed by atoms with Gasteiger partial charge in [0.2, 0.25) is 0 Å². The van der Waals surface area contributed by atoms with Crippen molar-refractivity contribution in [1.29, 1.82) is 0 Å². The number of rotatable bonds is 0. The zero-order valence-corrected chi connectivity index (χ0v) is 7.02. The van der Waals surface area contributed by atoms with E-state index >= 15 is 0 Å². The maximum absolute atomic E-state index is 7.00. The summed E-state index contributed by atoms with van der Waals surface area (Å²) in [5.41, 5.74) is 0.700. The Morgan fingerprint density at radius 3 is 1.80 bits per heavy atom. The highest BCUT2D eigenvalue weighted by molar-refractivity contribution is 5.10. The summed E-state index contributed by atoms with van der Waals surface area (Å²) >= 11 is 0. The van der Waals surface area contributed by atoms with Crippen molar-refractivity contribution < 1.29 is 5.11 Å². The molecule has 0 aromatic carbocycles. The number of hydrogen-bond donors (Lipinski definition) is 2. The van der Waals surface area contributed by atoms with Crippen LogP contribution in [-0.4, -0.2) is 25.3 Å². The number of aliphatic hydroxyl groups excluding tert-OH is 1. The lowest BCUT2D eigenvalue weighted by Gasteiger charge is -2.06. The van der Waals surface area contributed by atoms with Crippen molar-refractivity contribution in [3.05, 3.63) is 0 Å². The van der Waals surface area contributed by atoms with Gasteiger partial charge in [-0.05, 0) is 30.3 Å². The highest BCUT2D eigenvalue weighted by Gasteiger charge is 2.59. The molecule has 2 unspecified atom stereocenters. The zero-order chi connectivity index (χ0) is 7.78. The third-order valence-electron chi connectivity index (χ3n) is 3.02. The first-order chi connectivity index (χ1) is 4.73. The molecule has 0 spiro atoms. The minimum atomic E-state index is 0.700. The van der Waals surface area contributed by atoms with Crippen molar-refractivity contribution in [2.24, 2.45) is 17.3 Å². The van der Waals surface area contributed by atoms with E-state index in [1.807, 2.05) is 0 Å². The van der Waals surface area contributed by atoms with Crippen molar-refractivity contribution in [2.75, 3.05) is 20.2 Å². The second-order valence-corrected chi connectivity index (χ2v) is 3.69. The van der Waals surface area contributed by atoms with Gasteiger partial charge in [0, 0.05) is 7.11 Å². The Morgan fingerprint density at radius 2 is 1.60 bits per heavy atom. The first kappa shape index (κ1) is 8.02. The molecular weight excluding hydrogens is 126 g/mol. The third-order valence-corrected chi connectivity index (χ3v) is 3.02. The average molecular weight is 143 g/mol. The summed E-state index contributed by atoms with van der Waals surface area (Å²) in [4.78, 5) is 0. The molecule has 0 radical (unpaired) electrons. The highest BCUT2D eigenvalue weighted by Crippen LogP contribution is 2.59. The van der Waals surface area contributed by atoms with Crippen LogP contribution in [0.3, 0.4) is 0 Å². The molecule has 1 aliphatic heterocycles. The van der Waals surface area contributed by atoms with Crippen LogP contribution in [0.4, 0.5) is 0 Å². The van der Waals surface area contributed by atoms with Crippen LogP contribution < -0.4 is 5.32 Å². The summed E-state index contributed by atoms with van der Waals surface area (Å²) in [5.74, 6) is 2.03. The Kier molecular flexibility index (Phi) is 2.02. The predicted octanol–water partition coefficient (Wildman–Crippen LogP) is 0.470. The van der Waals surface area contributed by atoms with Gasteiger partial charge < -0.3 is 10.4 Å². The molecule has 1 saturated heterocycles. The number of fused-ring (bicyclic) bond motifs is 1. The van der Waals surface area contributed by atoms with Gasteiger partial charge in [-0.2, -0.15) is 0 Å². The molecule has 2 fully saturated rings. The van der Waals surface area contributed by atoms with E-state index in [2.05, 4.69) is 19.2 Å². The normalized spacial score (nSPS) is 39.6. The Balaban J connectivity index is 0.000000231. The fourth-order valence-corrected chi connectivity index (χ4v) is 2.06. The molecule has 0 aromatic heterocycles. The summed E-state index contributed by atoms with van der Waals surface area (Å²) in [6.07, 6.45) is 0. The molecule has 10 heavy (non-hydrogen) atoms. The van der Waals surface area contributed by atoms with Gasteiger partial charge in [-0.1, -0.05) is 13.8 Å². The molecule has 1 aliphatic carbocycles. The maximum atomic E-state index is 7.00. The van der Waals surface area contributed by atoms with Crippen molar-refractivity contribution in [3.8, 4) is 0 Å². The summed E-state index contributed by atoms with van der Waals surface area (Å²) in [5, 5.41) is 10.4. The van der Waals surface area contributed by atoms with Crippen LogP contribution in [0.25, 0.3) is 0 Å². The van der Waals surface area contributed by atoms with Gasteiger partial charge in [0.1, 0.15) is 0 Å². The van der Waals surface area contributed by atoms with Crippen LogP contribution in [0, 0.1) is 17.3 Å². The maximum Gasteiger partial charge on any atom is 0.0319 e. The Morgan fingerprint density at radius 1 is 1.20 bits per heavy atom. The molecular formula is C8H17NO. The molecule has 2 N–H and O–H groups in total. The highest BCUT2D eigenvalue weighted by atomic mass is 16.2. The lowest BCUT2D eigenvalue weighted by Crippen LogP contribution is -2.17. The molecule has 2 rings (SSSR count). The van der Waals surface area contributed by atoms with E-state index in [0.29, 0.717) is 5.41 Å². The van der Waals surface area contributed by atoms with E-state index in [0.717, 1.165) is 18.9 Å². The fraction of sp³-hybridized carbons (Fsp3) is 1.00. The summed E-state index contributed by atoms with van der Waals surface area (Å²) in [6.45, 7) is 7.31. The topological polar surface area (TPSA) is 32.3 Å². The van der Waals surface area contributed by atoms with E-state index in [1.54, 1.807) is 0 Å². The van der Waals surface area contributed by atoms with Gasteiger partial charge in [0.15, 0.2) is 0 Å². The van der Waals surface area contributed by atoms with E-state index < -0.39 is 0 Å². The number of aliphatic hydroxyl groups is 1. The SMILES string of the molecule is CC1(C)C2CNCC21.CO. The standard InChI is InChI=1S/C7H13N.CH4O/c1-7(2)5-3-8-4-6(5)7;1-2/h5-6,8H,3-4H2,1-2H3;2H,1H3. The predicted molar refractivity (Wildman–Crippen MR) is 41.8 cm³/mol. The summed E-state index contributed by atoms with van der Waals surface area (Å²) < 4.78 is 0. The molecule has 0 aromatic rings. The second kappa shape index (κ2) is 2.51. The van der Waals surface area contributed by atoms with Gasteiger partial charge in [-0.25, -0.2) is 0 Å². The van der Waals surface area contributed by atoms with Gasteiger partial charge in [0.25, 0.3) is 0 Å². The van der Waals surface area contributed by atoms with Crippen LogP contribution in [-0.2, 0) is 0 Å². The summed E-state index contributed by atoms with van der Waals surface area (Å²) in [6, 6.07) is 0. The van der Waals surface area contributed by atoms with Crippen LogP contribution in [0.1, 0.15) is 13.8 Å². The molecule has 1 saturated carbocycles. The lowest BCUT2D eigenvalue weighted by atomic mass is 10.1. The first-order valence-electron chi connectivity index (χ1n) is 3.88. The monoisotopic (exact) mass is 143 g/mol. The van der Waals surface area contributed by atoms with E-state index in [1.165, 1.54) is 13.1 Å². The molecule has 1 heterocycles. The zero-order valence-electron chi connectivity index (χ0n) is 7.02. The molecule has 2 atom stereocenters. The largest absolute Gasteiger partial charge is 0.400 e. The molecule has 0 amide bonds. The van der Waals surface area contributed by atoms with Crippen molar-refractivity contribution in [1.82, 2.24) is 5.32 Å². The van der Waals surface area contributed by atoms with Gasteiger partial charge >= 0.3 is 0 Å². The molecule has 2 heteroatoms. The second-order valence-electron chi connectivity index (χ2n) is 3.69. The van der Waals surface area contributed by atoms with E-state index in [4.69, 9.17) is 5.11 Å². The molecule has 60 valence electrons. The lowest BCUT2D eigenvalue weighted by molar-refractivity contribution is 0.399. The third kappa shape index (κ3) is 0.956. The Labute approximate surface area is 62.6 Å². The quantitative estimate of drug-likeness (QED) is 0.516. The smallest absolute Gasteiger partial charge is 0.0319 e. The van der Waals surface area contributed by atoms with Crippen LogP contribution in [0.5, 0.6) is 0 Å². The number of hydrogen-bond acceptors (Lipinski definition) is 2. The fourth-order valence-electron chi connectivity index (χ4n) is 2.06. The average Bonchev–Trinajstić information content (AvgIpc) is 2.42. The minimum Gasteiger partial charge on any atom is -0.400 e. The van der Waals surface area contributed by atoms with Crippen molar-refractivity contribution >= 4 is 0 Å². The number of piperidine rings is 1. The van der Waals surface area contributed by atoms with Crippen molar-refractivity contribution in [2.45, 2.75) is 13.8 Å². The van der Waals surface area contributed by atoms with Crippen molar-refractivity contribution in [3.63, 3.8) is 0 Å². The minimum absolute atomic E-state index is 0.700. The van der Waals surface area contributed by atoms with Gasteiger partial charge in [-0.15, -0.1) is 0 Å². The van der Waals surface area contributed by atoms with E-state index in [-0.39, 0.29) is 0 Å². The van der Waals surface area contributed by atoms with Crippen LogP contribution in [0.2, 0.25) is 0 Å². The van der Waals surface area contributed by atoms with Gasteiger partial charge in [-0.3, -0.25) is 0 Å². The van der Waals surface area contributed by atoms with Gasteiger partial charge in [0.05, 0.1) is 0 Å². The van der Waals surface area contributed by atoms with E-state index in [9.17, 15) is 0 Å². The Bertz CT molecular complexity index is 110. The van der Waals surface area contributed by atoms with Crippen LogP contribution >= 0.6 is 0 Å². The van der Waals surface area contributed by atoms with Crippen LogP contribution in [0.15, 0.2) is 0 Å². The summed E-state index contributed by atoms with van der Waals surface area (Å²) in [7, 11) is 1.00.